The monoisotopic (exact) mass is 321 g/mol. The van der Waals surface area contributed by atoms with Crippen LogP contribution >= 0.6 is 12.2 Å². The summed E-state index contributed by atoms with van der Waals surface area (Å²) in [5, 5.41) is 11.0. The van der Waals surface area contributed by atoms with Crippen LogP contribution in [-0.2, 0) is 0 Å². The van der Waals surface area contributed by atoms with Gasteiger partial charge in [0.1, 0.15) is 0 Å². The summed E-state index contributed by atoms with van der Waals surface area (Å²) in [6.45, 7) is 0. The number of nitrogens with zero attached hydrogens (tertiary/aromatic N) is 2. The Morgan fingerprint density at radius 1 is 1.00 bits per heavy atom. The molecule has 1 saturated carbocycles. The second kappa shape index (κ2) is 6.13. The van der Waals surface area contributed by atoms with E-state index < -0.39 is 0 Å². The van der Waals surface area contributed by atoms with Crippen molar-refractivity contribution in [2.75, 3.05) is 0 Å². The van der Waals surface area contributed by atoms with E-state index in [1.54, 1.807) is 0 Å². The zero-order valence-electron chi connectivity index (χ0n) is 12.9. The molecule has 116 valence electrons. The Balaban J connectivity index is 1.64. The van der Waals surface area contributed by atoms with Crippen LogP contribution in [0.15, 0.2) is 65.8 Å². The molecule has 0 radical (unpaired) electrons. The standard InChI is InChI=1S/C19H19N3S/c23-19(20-16-11-12-16)22-18(15-9-5-2-6-10-15)13-17(21-22)14-7-3-1-4-8-14/h1-10,16,18H,11-13H2,(H,20,23). The predicted molar refractivity (Wildman–Crippen MR) is 97.4 cm³/mol. The number of hydrogen-bond acceptors (Lipinski definition) is 2. The number of rotatable bonds is 3. The highest BCUT2D eigenvalue weighted by Crippen LogP contribution is 2.33. The van der Waals surface area contributed by atoms with Gasteiger partial charge in [-0.1, -0.05) is 60.7 Å². The molecule has 23 heavy (non-hydrogen) atoms. The lowest BCUT2D eigenvalue weighted by Gasteiger charge is -2.24. The lowest BCUT2D eigenvalue weighted by atomic mass is 9.99. The van der Waals surface area contributed by atoms with Gasteiger partial charge in [0.15, 0.2) is 5.11 Å². The van der Waals surface area contributed by atoms with Gasteiger partial charge in [-0.15, -0.1) is 0 Å². The molecule has 3 nitrogen and oxygen atoms in total. The molecule has 1 heterocycles. The van der Waals surface area contributed by atoms with Gasteiger partial charge >= 0.3 is 0 Å². The quantitative estimate of drug-likeness (QED) is 0.870. The summed E-state index contributed by atoms with van der Waals surface area (Å²) in [6.07, 6.45) is 3.29. The molecule has 1 N–H and O–H groups in total. The van der Waals surface area contributed by atoms with Gasteiger partial charge < -0.3 is 5.32 Å². The summed E-state index contributed by atoms with van der Waals surface area (Å²) in [5.74, 6) is 0. The van der Waals surface area contributed by atoms with Crippen molar-refractivity contribution in [3.8, 4) is 0 Å². The molecule has 2 aliphatic rings. The van der Waals surface area contributed by atoms with Crippen molar-refractivity contribution in [2.45, 2.75) is 31.3 Å². The zero-order chi connectivity index (χ0) is 15.6. The summed E-state index contributed by atoms with van der Waals surface area (Å²) in [6, 6.07) is 21.6. The Morgan fingerprint density at radius 3 is 2.30 bits per heavy atom. The summed E-state index contributed by atoms with van der Waals surface area (Å²) in [5.41, 5.74) is 3.52. The van der Waals surface area contributed by atoms with Crippen LogP contribution in [0.1, 0.15) is 36.4 Å². The zero-order valence-corrected chi connectivity index (χ0v) is 13.7. The van der Waals surface area contributed by atoms with E-state index in [1.165, 1.54) is 24.0 Å². The van der Waals surface area contributed by atoms with Crippen LogP contribution in [0.4, 0.5) is 0 Å². The topological polar surface area (TPSA) is 27.6 Å². The first-order chi connectivity index (χ1) is 11.3. The maximum Gasteiger partial charge on any atom is 0.190 e. The molecule has 1 aliphatic heterocycles. The SMILES string of the molecule is S=C(NC1CC1)N1N=C(c2ccccc2)CC1c1ccccc1. The van der Waals surface area contributed by atoms with E-state index in [1.807, 2.05) is 17.1 Å². The van der Waals surface area contributed by atoms with E-state index in [0.717, 1.165) is 17.2 Å². The van der Waals surface area contributed by atoms with Crippen LogP contribution in [-0.4, -0.2) is 21.9 Å². The van der Waals surface area contributed by atoms with E-state index in [2.05, 4.69) is 53.8 Å². The highest BCUT2D eigenvalue weighted by atomic mass is 32.1. The number of hydrogen-bond donors (Lipinski definition) is 1. The van der Waals surface area contributed by atoms with Crippen LogP contribution in [0.2, 0.25) is 0 Å². The van der Waals surface area contributed by atoms with Gasteiger partial charge in [0, 0.05) is 12.5 Å². The number of hydrazone groups is 1. The van der Waals surface area contributed by atoms with Gasteiger partial charge in [0.2, 0.25) is 0 Å². The van der Waals surface area contributed by atoms with Crippen molar-refractivity contribution >= 4 is 23.0 Å². The van der Waals surface area contributed by atoms with Gasteiger partial charge in [-0.25, -0.2) is 5.01 Å². The third-order valence-electron chi connectivity index (χ3n) is 4.31. The second-order valence-electron chi connectivity index (χ2n) is 6.11. The third kappa shape index (κ3) is 3.13. The van der Waals surface area contributed by atoms with Gasteiger partial charge in [-0.05, 0) is 36.2 Å². The fourth-order valence-electron chi connectivity index (χ4n) is 2.91. The van der Waals surface area contributed by atoms with Gasteiger partial charge in [0.25, 0.3) is 0 Å². The predicted octanol–water partition coefficient (Wildman–Crippen LogP) is 3.87. The highest BCUT2D eigenvalue weighted by molar-refractivity contribution is 7.80. The van der Waals surface area contributed by atoms with Crippen molar-refractivity contribution in [3.05, 3.63) is 71.8 Å². The smallest absolute Gasteiger partial charge is 0.190 e. The Bertz CT molecular complexity index is 723. The van der Waals surface area contributed by atoms with Crippen LogP contribution in [0.3, 0.4) is 0 Å². The van der Waals surface area contributed by atoms with Crippen molar-refractivity contribution in [2.24, 2.45) is 5.10 Å². The summed E-state index contributed by atoms with van der Waals surface area (Å²) in [7, 11) is 0. The molecular formula is C19H19N3S. The van der Waals surface area contributed by atoms with Crippen LogP contribution in [0, 0.1) is 0 Å². The molecule has 0 aromatic heterocycles. The lowest BCUT2D eigenvalue weighted by molar-refractivity contribution is 0.363. The van der Waals surface area contributed by atoms with Gasteiger partial charge in [-0.3, -0.25) is 0 Å². The molecule has 1 unspecified atom stereocenters. The number of benzene rings is 2. The van der Waals surface area contributed by atoms with E-state index in [4.69, 9.17) is 17.3 Å². The van der Waals surface area contributed by atoms with Crippen LogP contribution < -0.4 is 5.32 Å². The molecule has 1 aliphatic carbocycles. The molecule has 0 saturated heterocycles. The highest BCUT2D eigenvalue weighted by Gasteiger charge is 2.33. The molecule has 0 bridgehead atoms. The first kappa shape index (κ1) is 14.4. The maximum absolute atomic E-state index is 5.62. The molecule has 0 spiro atoms. The Kier molecular flexibility index (Phi) is 3.83. The lowest BCUT2D eigenvalue weighted by Crippen LogP contribution is -2.37. The van der Waals surface area contributed by atoms with E-state index in [-0.39, 0.29) is 6.04 Å². The van der Waals surface area contributed by atoms with Gasteiger partial charge in [-0.2, -0.15) is 5.10 Å². The van der Waals surface area contributed by atoms with Crippen molar-refractivity contribution in [1.29, 1.82) is 0 Å². The fourth-order valence-corrected chi connectivity index (χ4v) is 3.24. The minimum atomic E-state index is 0.171. The Hall–Kier alpha value is -2.20. The number of thiocarbonyl (C=S) groups is 1. The second-order valence-corrected chi connectivity index (χ2v) is 6.50. The van der Waals surface area contributed by atoms with E-state index in [9.17, 15) is 0 Å². The Labute approximate surface area is 142 Å². The first-order valence-corrected chi connectivity index (χ1v) is 8.49. The summed E-state index contributed by atoms with van der Waals surface area (Å²) in [4.78, 5) is 0. The molecule has 2 aromatic rings. The van der Waals surface area contributed by atoms with Crippen molar-refractivity contribution in [1.82, 2.24) is 10.3 Å². The largest absolute Gasteiger partial charge is 0.358 e. The summed E-state index contributed by atoms with van der Waals surface area (Å²) < 4.78 is 0. The fraction of sp³-hybridized carbons (Fsp3) is 0.263. The molecular weight excluding hydrogens is 302 g/mol. The molecule has 4 rings (SSSR count). The maximum atomic E-state index is 5.62. The Morgan fingerprint density at radius 2 is 1.65 bits per heavy atom. The average molecular weight is 321 g/mol. The minimum Gasteiger partial charge on any atom is -0.358 e. The average Bonchev–Trinajstić information content (AvgIpc) is 3.30. The molecule has 2 aromatic carbocycles. The molecule has 0 amide bonds. The van der Waals surface area contributed by atoms with Crippen LogP contribution in [0.5, 0.6) is 0 Å². The summed E-state index contributed by atoms with van der Waals surface area (Å²) >= 11 is 5.62. The molecule has 1 fully saturated rings. The first-order valence-electron chi connectivity index (χ1n) is 8.09. The van der Waals surface area contributed by atoms with Crippen molar-refractivity contribution in [3.63, 3.8) is 0 Å². The van der Waals surface area contributed by atoms with E-state index >= 15 is 0 Å². The normalized spacial score (nSPS) is 20.3. The van der Waals surface area contributed by atoms with Crippen molar-refractivity contribution < 1.29 is 0 Å². The molecule has 1 atom stereocenters. The molecule has 4 heteroatoms. The van der Waals surface area contributed by atoms with E-state index in [0.29, 0.717) is 6.04 Å². The minimum absolute atomic E-state index is 0.171. The third-order valence-corrected chi connectivity index (χ3v) is 4.62. The van der Waals surface area contributed by atoms with Gasteiger partial charge in [0.05, 0.1) is 11.8 Å². The number of nitrogens with one attached hydrogen (secondary N) is 1. The van der Waals surface area contributed by atoms with Crippen LogP contribution in [0.25, 0.3) is 0 Å².